The predicted molar refractivity (Wildman–Crippen MR) is 140 cm³/mol. The van der Waals surface area contributed by atoms with Gasteiger partial charge in [0.05, 0.1) is 0 Å². The van der Waals surface area contributed by atoms with E-state index in [2.05, 4.69) is 63.7 Å². The molecule has 0 aromatic heterocycles. The Morgan fingerprint density at radius 3 is 1.58 bits per heavy atom. The van der Waals surface area contributed by atoms with Crippen LogP contribution in [0.15, 0.2) is 60.7 Å². The second-order valence-corrected chi connectivity index (χ2v) is 9.46. The fourth-order valence-corrected chi connectivity index (χ4v) is 5.04. The van der Waals surface area contributed by atoms with Gasteiger partial charge in [0.1, 0.15) is 0 Å². The van der Waals surface area contributed by atoms with E-state index >= 15 is 0 Å². The molecule has 0 saturated heterocycles. The van der Waals surface area contributed by atoms with Gasteiger partial charge < -0.3 is 21.3 Å². The summed E-state index contributed by atoms with van der Waals surface area (Å²) in [6.07, 6.45) is 9.45. The van der Waals surface area contributed by atoms with Crippen LogP contribution in [0.3, 0.4) is 0 Å². The van der Waals surface area contributed by atoms with Gasteiger partial charge in [0.15, 0.2) is 0 Å². The maximum atomic E-state index is 11.5. The highest BCUT2D eigenvalue weighted by atomic mass is 16.1. The zero-order chi connectivity index (χ0) is 23.3. The van der Waals surface area contributed by atoms with Crippen molar-refractivity contribution in [1.82, 2.24) is 10.6 Å². The number of nitrogens with one attached hydrogen (secondary N) is 4. The molecule has 2 aliphatic carbocycles. The van der Waals surface area contributed by atoms with Gasteiger partial charge in [-0.15, -0.1) is 0 Å². The maximum Gasteiger partial charge on any atom is 0.222 e. The number of anilines is 2. The topological polar surface area (TPSA) is 65.2 Å². The standard InChI is InChI=1S/C14H20N2O.C14H22N2/c1-15-14(17)11-7-9-13(10-8-11)16-12-5-3-2-4-6-12;1-15-11-12-7-9-14(10-8-12)16-13-5-3-2-4-6-13/h2-6,11,13,16H,7-10H2,1H3,(H,15,17);2-6,12,14-16H,7-11H2,1H3. The highest BCUT2D eigenvalue weighted by Crippen LogP contribution is 2.27. The third kappa shape index (κ3) is 8.73. The smallest absolute Gasteiger partial charge is 0.222 e. The van der Waals surface area contributed by atoms with E-state index in [0.29, 0.717) is 12.1 Å². The van der Waals surface area contributed by atoms with Gasteiger partial charge in [-0.1, -0.05) is 36.4 Å². The Morgan fingerprint density at radius 1 is 0.697 bits per heavy atom. The van der Waals surface area contributed by atoms with Crippen molar-refractivity contribution in [3.05, 3.63) is 60.7 Å². The third-order valence-electron chi connectivity index (χ3n) is 6.97. The summed E-state index contributed by atoms with van der Waals surface area (Å²) in [7, 11) is 3.77. The van der Waals surface area contributed by atoms with Crippen LogP contribution in [0, 0.1) is 11.8 Å². The van der Waals surface area contributed by atoms with Gasteiger partial charge in [0, 0.05) is 36.4 Å². The number of rotatable bonds is 7. The molecule has 2 aromatic carbocycles. The molecule has 0 atom stereocenters. The molecule has 0 aliphatic heterocycles. The van der Waals surface area contributed by atoms with Gasteiger partial charge in [-0.05, 0) is 95.1 Å². The molecule has 2 fully saturated rings. The summed E-state index contributed by atoms with van der Waals surface area (Å²) in [5.74, 6) is 1.30. The minimum absolute atomic E-state index is 0.197. The number of hydrogen-bond donors (Lipinski definition) is 4. The Balaban J connectivity index is 0.000000186. The molecule has 2 aromatic rings. The van der Waals surface area contributed by atoms with Crippen molar-refractivity contribution < 1.29 is 4.79 Å². The van der Waals surface area contributed by atoms with Crippen LogP contribution in [-0.2, 0) is 4.79 Å². The molecule has 180 valence electrons. The molecule has 2 saturated carbocycles. The van der Waals surface area contributed by atoms with E-state index in [1.165, 1.54) is 43.6 Å². The average molecular weight is 451 g/mol. The summed E-state index contributed by atoms with van der Waals surface area (Å²) in [4.78, 5) is 11.5. The van der Waals surface area contributed by atoms with Gasteiger partial charge in [-0.3, -0.25) is 4.79 Å². The number of para-hydroxylation sites is 2. The van der Waals surface area contributed by atoms with Crippen molar-refractivity contribution in [2.45, 2.75) is 63.5 Å². The molecule has 5 heteroatoms. The largest absolute Gasteiger partial charge is 0.382 e. The van der Waals surface area contributed by atoms with E-state index in [9.17, 15) is 4.79 Å². The molecular formula is C28H42N4O. The van der Waals surface area contributed by atoms with Gasteiger partial charge in [-0.2, -0.15) is 0 Å². The minimum Gasteiger partial charge on any atom is -0.382 e. The van der Waals surface area contributed by atoms with Crippen LogP contribution in [0.1, 0.15) is 51.4 Å². The Labute approximate surface area is 200 Å². The zero-order valence-corrected chi connectivity index (χ0v) is 20.4. The Bertz CT molecular complexity index is 782. The predicted octanol–water partition coefficient (Wildman–Crippen LogP) is 5.28. The first-order valence-corrected chi connectivity index (χ1v) is 12.7. The number of amides is 1. The van der Waals surface area contributed by atoms with E-state index in [-0.39, 0.29) is 11.8 Å². The molecule has 1 amide bonds. The Hall–Kier alpha value is -2.53. The van der Waals surface area contributed by atoms with Crippen LogP contribution in [0.5, 0.6) is 0 Å². The first-order valence-electron chi connectivity index (χ1n) is 12.7. The Morgan fingerprint density at radius 2 is 1.15 bits per heavy atom. The molecule has 0 spiro atoms. The molecule has 0 heterocycles. The monoisotopic (exact) mass is 450 g/mol. The van der Waals surface area contributed by atoms with Gasteiger partial charge in [0.2, 0.25) is 5.91 Å². The lowest BCUT2D eigenvalue weighted by molar-refractivity contribution is -0.125. The quantitative estimate of drug-likeness (QED) is 0.463. The van der Waals surface area contributed by atoms with Gasteiger partial charge in [-0.25, -0.2) is 0 Å². The highest BCUT2D eigenvalue weighted by molar-refractivity contribution is 5.78. The molecule has 0 bridgehead atoms. The fraction of sp³-hybridized carbons (Fsp3) is 0.536. The van der Waals surface area contributed by atoms with Crippen molar-refractivity contribution in [1.29, 1.82) is 0 Å². The summed E-state index contributed by atoms with van der Waals surface area (Å²) in [5.41, 5.74) is 2.44. The average Bonchev–Trinajstić information content (AvgIpc) is 2.87. The summed E-state index contributed by atoms with van der Waals surface area (Å²) in [6, 6.07) is 22.0. The van der Waals surface area contributed by atoms with Gasteiger partial charge >= 0.3 is 0 Å². The van der Waals surface area contributed by atoms with Crippen molar-refractivity contribution in [3.8, 4) is 0 Å². The van der Waals surface area contributed by atoms with Crippen LogP contribution >= 0.6 is 0 Å². The van der Waals surface area contributed by atoms with E-state index < -0.39 is 0 Å². The van der Waals surface area contributed by atoms with E-state index in [0.717, 1.165) is 31.6 Å². The molecule has 4 rings (SSSR count). The number of benzene rings is 2. The lowest BCUT2D eigenvalue weighted by Crippen LogP contribution is -2.34. The minimum atomic E-state index is 0.197. The molecule has 33 heavy (non-hydrogen) atoms. The summed E-state index contributed by atoms with van der Waals surface area (Å²) in [6.45, 7) is 1.18. The first-order chi connectivity index (χ1) is 16.2. The lowest BCUT2D eigenvalue weighted by Gasteiger charge is -2.29. The highest BCUT2D eigenvalue weighted by Gasteiger charge is 2.25. The number of carbonyl (C=O) groups excluding carboxylic acids is 1. The molecule has 5 nitrogen and oxygen atoms in total. The molecule has 0 radical (unpaired) electrons. The third-order valence-corrected chi connectivity index (χ3v) is 6.97. The van der Waals surface area contributed by atoms with Crippen molar-refractivity contribution >= 4 is 17.3 Å². The van der Waals surface area contributed by atoms with E-state index in [1.54, 1.807) is 7.05 Å². The van der Waals surface area contributed by atoms with Crippen LogP contribution < -0.4 is 21.3 Å². The van der Waals surface area contributed by atoms with Crippen LogP contribution in [0.25, 0.3) is 0 Å². The van der Waals surface area contributed by atoms with Crippen molar-refractivity contribution in [3.63, 3.8) is 0 Å². The second kappa shape index (κ2) is 13.9. The second-order valence-electron chi connectivity index (χ2n) is 9.46. The van der Waals surface area contributed by atoms with Crippen LogP contribution in [0.4, 0.5) is 11.4 Å². The van der Waals surface area contributed by atoms with Crippen molar-refractivity contribution in [2.24, 2.45) is 11.8 Å². The molecule has 0 unspecified atom stereocenters. The number of carbonyl (C=O) groups is 1. The maximum absolute atomic E-state index is 11.5. The van der Waals surface area contributed by atoms with Crippen LogP contribution in [0.2, 0.25) is 0 Å². The van der Waals surface area contributed by atoms with Crippen LogP contribution in [-0.4, -0.2) is 38.6 Å². The van der Waals surface area contributed by atoms with E-state index in [1.807, 2.05) is 25.2 Å². The fourth-order valence-electron chi connectivity index (χ4n) is 5.04. The SMILES string of the molecule is CNC(=O)C1CCC(Nc2ccccc2)CC1.CNCC1CCC(Nc2ccccc2)CC1. The number of hydrogen-bond acceptors (Lipinski definition) is 4. The Kier molecular flexibility index (Phi) is 10.6. The first kappa shape index (κ1) is 25.1. The molecule has 4 N–H and O–H groups in total. The summed E-state index contributed by atoms with van der Waals surface area (Å²) < 4.78 is 0. The summed E-state index contributed by atoms with van der Waals surface area (Å²) in [5, 5.41) is 13.2. The van der Waals surface area contributed by atoms with Gasteiger partial charge in [0.25, 0.3) is 0 Å². The lowest BCUT2D eigenvalue weighted by atomic mass is 9.85. The van der Waals surface area contributed by atoms with E-state index in [4.69, 9.17) is 0 Å². The summed E-state index contributed by atoms with van der Waals surface area (Å²) >= 11 is 0. The zero-order valence-electron chi connectivity index (χ0n) is 20.4. The van der Waals surface area contributed by atoms with Crippen molar-refractivity contribution in [2.75, 3.05) is 31.3 Å². The molecule has 2 aliphatic rings. The molecular weight excluding hydrogens is 408 g/mol. The normalized spacial score (nSPS) is 24.7.